The number of benzene rings is 2. The average molecular weight is 352 g/mol. The third-order valence-corrected chi connectivity index (χ3v) is 5.02. The first-order valence-electron chi connectivity index (χ1n) is 9.47. The van der Waals surface area contributed by atoms with Crippen LogP contribution in [0.4, 0.5) is 5.69 Å². The van der Waals surface area contributed by atoms with E-state index in [0.717, 1.165) is 51.2 Å². The second-order valence-electron chi connectivity index (χ2n) is 6.76. The summed E-state index contributed by atoms with van der Waals surface area (Å²) in [6.45, 7) is 3.49. The third-order valence-electron chi connectivity index (χ3n) is 5.02. The number of hydrogen-bond acceptors (Lipinski definition) is 3. The molecule has 0 atom stereocenters. The van der Waals surface area contributed by atoms with Gasteiger partial charge in [-0.2, -0.15) is 0 Å². The average Bonchev–Trinajstić information content (AvgIpc) is 2.72. The van der Waals surface area contributed by atoms with E-state index in [1.165, 1.54) is 11.3 Å². The molecule has 1 heterocycles. The Hall–Kier alpha value is -2.49. The molecule has 0 bridgehead atoms. The van der Waals surface area contributed by atoms with Crippen molar-refractivity contribution >= 4 is 11.6 Å². The van der Waals surface area contributed by atoms with Crippen molar-refractivity contribution in [3.8, 4) is 5.75 Å². The molecule has 0 aromatic heterocycles. The van der Waals surface area contributed by atoms with Gasteiger partial charge in [-0.25, -0.2) is 0 Å². The van der Waals surface area contributed by atoms with Gasteiger partial charge in [0.05, 0.1) is 7.11 Å². The molecule has 138 valence electrons. The minimum absolute atomic E-state index is 0.299. The van der Waals surface area contributed by atoms with Crippen molar-refractivity contribution in [2.45, 2.75) is 25.7 Å². The molecule has 1 saturated heterocycles. The van der Waals surface area contributed by atoms with Gasteiger partial charge in [0.15, 0.2) is 0 Å². The number of anilines is 1. The summed E-state index contributed by atoms with van der Waals surface area (Å²) in [5.41, 5.74) is 2.55. The van der Waals surface area contributed by atoms with Crippen LogP contribution in [0, 0.1) is 0 Å². The van der Waals surface area contributed by atoms with Crippen LogP contribution in [-0.4, -0.2) is 44.1 Å². The molecule has 0 N–H and O–H groups in total. The zero-order chi connectivity index (χ0) is 18.2. The minimum atomic E-state index is 0.299. The second kappa shape index (κ2) is 9.27. The lowest BCUT2D eigenvalue weighted by atomic mass is 10.1. The second-order valence-corrected chi connectivity index (χ2v) is 6.76. The number of aryl methyl sites for hydroxylation is 1. The molecule has 0 spiro atoms. The molecule has 26 heavy (non-hydrogen) atoms. The fourth-order valence-electron chi connectivity index (χ4n) is 3.41. The van der Waals surface area contributed by atoms with E-state index in [1.807, 2.05) is 23.1 Å². The fourth-order valence-corrected chi connectivity index (χ4v) is 3.41. The Labute approximate surface area is 156 Å². The Morgan fingerprint density at radius 1 is 0.923 bits per heavy atom. The smallest absolute Gasteiger partial charge is 0.222 e. The summed E-state index contributed by atoms with van der Waals surface area (Å²) in [6, 6.07) is 18.6. The third kappa shape index (κ3) is 5.01. The number of ether oxygens (including phenoxy) is 1. The van der Waals surface area contributed by atoms with Gasteiger partial charge < -0.3 is 14.5 Å². The van der Waals surface area contributed by atoms with Crippen molar-refractivity contribution in [1.29, 1.82) is 0 Å². The number of piperazine rings is 1. The summed E-state index contributed by atoms with van der Waals surface area (Å²) in [6.07, 6.45) is 3.66. The zero-order valence-corrected chi connectivity index (χ0v) is 15.6. The molecule has 0 saturated carbocycles. The first-order valence-corrected chi connectivity index (χ1v) is 9.47. The van der Waals surface area contributed by atoms with Gasteiger partial charge in [0, 0.05) is 38.3 Å². The summed E-state index contributed by atoms with van der Waals surface area (Å²) in [5.74, 6) is 1.19. The van der Waals surface area contributed by atoms with Crippen LogP contribution in [-0.2, 0) is 11.2 Å². The van der Waals surface area contributed by atoms with Crippen molar-refractivity contribution < 1.29 is 9.53 Å². The summed E-state index contributed by atoms with van der Waals surface area (Å²) in [4.78, 5) is 16.8. The summed E-state index contributed by atoms with van der Waals surface area (Å²) < 4.78 is 5.18. The van der Waals surface area contributed by atoms with Crippen LogP contribution in [0.1, 0.15) is 24.8 Å². The predicted molar refractivity (Wildman–Crippen MR) is 106 cm³/mol. The molecule has 4 heteroatoms. The van der Waals surface area contributed by atoms with Gasteiger partial charge in [0.25, 0.3) is 0 Å². The molecule has 4 nitrogen and oxygen atoms in total. The molecule has 1 amide bonds. The van der Waals surface area contributed by atoms with Crippen molar-refractivity contribution in [2.75, 3.05) is 38.2 Å². The van der Waals surface area contributed by atoms with Crippen LogP contribution in [0.15, 0.2) is 54.6 Å². The number of nitrogens with zero attached hydrogens (tertiary/aromatic N) is 2. The molecule has 2 aromatic rings. The van der Waals surface area contributed by atoms with Gasteiger partial charge in [0.1, 0.15) is 5.75 Å². The number of carbonyl (C=O) groups excluding carboxylic acids is 1. The summed E-state index contributed by atoms with van der Waals surface area (Å²) in [5, 5.41) is 0. The van der Waals surface area contributed by atoms with E-state index in [-0.39, 0.29) is 0 Å². The quantitative estimate of drug-likeness (QED) is 0.712. The normalized spacial score (nSPS) is 14.3. The predicted octanol–water partition coefficient (Wildman–Crippen LogP) is 3.76. The van der Waals surface area contributed by atoms with Crippen molar-refractivity contribution in [3.05, 3.63) is 60.2 Å². The van der Waals surface area contributed by atoms with Crippen molar-refractivity contribution in [3.63, 3.8) is 0 Å². The van der Waals surface area contributed by atoms with Gasteiger partial charge >= 0.3 is 0 Å². The van der Waals surface area contributed by atoms with E-state index < -0.39 is 0 Å². The highest BCUT2D eigenvalue weighted by Crippen LogP contribution is 2.17. The topological polar surface area (TPSA) is 32.8 Å². The molecule has 0 aliphatic carbocycles. The number of methoxy groups -OCH3 is 1. The van der Waals surface area contributed by atoms with E-state index in [4.69, 9.17) is 4.74 Å². The molecular formula is C22H28N2O2. The van der Waals surface area contributed by atoms with Crippen LogP contribution in [0.25, 0.3) is 0 Å². The zero-order valence-electron chi connectivity index (χ0n) is 15.6. The van der Waals surface area contributed by atoms with Gasteiger partial charge in [-0.15, -0.1) is 0 Å². The molecule has 0 radical (unpaired) electrons. The number of para-hydroxylation sites is 1. The summed E-state index contributed by atoms with van der Waals surface area (Å²) >= 11 is 0. The number of carbonyl (C=O) groups is 1. The van der Waals surface area contributed by atoms with Crippen LogP contribution >= 0.6 is 0 Å². The van der Waals surface area contributed by atoms with E-state index >= 15 is 0 Å². The van der Waals surface area contributed by atoms with Crippen molar-refractivity contribution in [1.82, 2.24) is 4.90 Å². The lowest BCUT2D eigenvalue weighted by Gasteiger charge is -2.36. The molecule has 0 unspecified atom stereocenters. The number of hydrogen-bond donors (Lipinski definition) is 0. The molecular weight excluding hydrogens is 324 g/mol. The minimum Gasteiger partial charge on any atom is -0.497 e. The van der Waals surface area contributed by atoms with Gasteiger partial charge in [-0.05, 0) is 49.1 Å². The van der Waals surface area contributed by atoms with Crippen LogP contribution < -0.4 is 9.64 Å². The standard InChI is InChI=1S/C22H28N2O2/c1-26-21-13-11-19(12-14-21)7-5-6-10-22(25)24-17-15-23(16-18-24)20-8-3-2-4-9-20/h2-4,8-9,11-14H,5-7,10,15-18H2,1H3. The van der Waals surface area contributed by atoms with Crippen LogP contribution in [0.2, 0.25) is 0 Å². The highest BCUT2D eigenvalue weighted by Gasteiger charge is 2.20. The van der Waals surface area contributed by atoms with Crippen LogP contribution in [0.5, 0.6) is 5.75 Å². The maximum atomic E-state index is 12.4. The Morgan fingerprint density at radius 2 is 1.62 bits per heavy atom. The Morgan fingerprint density at radius 3 is 2.27 bits per heavy atom. The van der Waals surface area contributed by atoms with Gasteiger partial charge in [0.2, 0.25) is 5.91 Å². The van der Waals surface area contributed by atoms with E-state index in [2.05, 4.69) is 41.3 Å². The van der Waals surface area contributed by atoms with E-state index in [1.54, 1.807) is 7.11 Å². The lowest BCUT2D eigenvalue weighted by molar-refractivity contribution is -0.131. The fraction of sp³-hybridized carbons (Fsp3) is 0.409. The molecule has 2 aromatic carbocycles. The molecule has 1 aliphatic rings. The molecule has 1 fully saturated rings. The Bertz CT molecular complexity index is 677. The highest BCUT2D eigenvalue weighted by atomic mass is 16.5. The van der Waals surface area contributed by atoms with Gasteiger partial charge in [-0.1, -0.05) is 30.3 Å². The maximum absolute atomic E-state index is 12.4. The number of unbranched alkanes of at least 4 members (excludes halogenated alkanes) is 1. The Balaban J connectivity index is 1.35. The maximum Gasteiger partial charge on any atom is 0.222 e. The van der Waals surface area contributed by atoms with Gasteiger partial charge in [-0.3, -0.25) is 4.79 Å². The Kier molecular flexibility index (Phi) is 6.53. The number of amides is 1. The van der Waals surface area contributed by atoms with Crippen LogP contribution in [0.3, 0.4) is 0 Å². The monoisotopic (exact) mass is 352 g/mol. The number of rotatable bonds is 7. The van der Waals surface area contributed by atoms with Crippen molar-refractivity contribution in [2.24, 2.45) is 0 Å². The first kappa shape index (κ1) is 18.3. The molecule has 1 aliphatic heterocycles. The first-order chi connectivity index (χ1) is 12.8. The van der Waals surface area contributed by atoms with E-state index in [0.29, 0.717) is 12.3 Å². The van der Waals surface area contributed by atoms with E-state index in [9.17, 15) is 4.79 Å². The lowest BCUT2D eigenvalue weighted by Crippen LogP contribution is -2.48. The highest BCUT2D eigenvalue weighted by molar-refractivity contribution is 5.76. The SMILES string of the molecule is COc1ccc(CCCCC(=O)N2CCN(c3ccccc3)CC2)cc1. The summed E-state index contributed by atoms with van der Waals surface area (Å²) in [7, 11) is 1.68. The molecule has 3 rings (SSSR count). The largest absolute Gasteiger partial charge is 0.497 e.